The zero-order valence-corrected chi connectivity index (χ0v) is 14.5. The predicted molar refractivity (Wildman–Crippen MR) is 96.8 cm³/mol. The summed E-state index contributed by atoms with van der Waals surface area (Å²) in [6.07, 6.45) is 2.96. The molecule has 1 N–H and O–H groups in total. The molecule has 3 aromatic rings. The number of benzene rings is 2. The van der Waals surface area contributed by atoms with Gasteiger partial charge in [-0.1, -0.05) is 18.2 Å². The lowest BCUT2D eigenvalue weighted by molar-refractivity contribution is -0.147. The smallest absolute Gasteiger partial charge is 0.344 e. The highest BCUT2D eigenvalue weighted by Crippen LogP contribution is 2.15. The third kappa shape index (κ3) is 4.92. The molecule has 6 nitrogen and oxygen atoms in total. The van der Waals surface area contributed by atoms with E-state index in [0.29, 0.717) is 18.6 Å². The minimum atomic E-state index is -0.432. The highest BCUT2D eigenvalue weighted by atomic mass is 16.6. The summed E-state index contributed by atoms with van der Waals surface area (Å²) in [6.45, 7) is 1.62. The molecule has 6 heteroatoms. The van der Waals surface area contributed by atoms with E-state index in [9.17, 15) is 9.59 Å². The second-order valence-electron chi connectivity index (χ2n) is 6.09. The van der Waals surface area contributed by atoms with Gasteiger partial charge in [0.2, 0.25) is 0 Å². The van der Waals surface area contributed by atoms with E-state index in [1.54, 1.807) is 25.3 Å². The molecule has 26 heavy (non-hydrogen) atoms. The molecule has 2 aromatic carbocycles. The molecule has 1 heterocycles. The number of carbonyl (C=O) groups excluding carboxylic acids is 2. The van der Waals surface area contributed by atoms with Gasteiger partial charge in [-0.3, -0.25) is 5.10 Å². The largest absolute Gasteiger partial charge is 0.482 e. The summed E-state index contributed by atoms with van der Waals surface area (Å²) < 4.78 is 10.7. The van der Waals surface area contributed by atoms with E-state index in [4.69, 9.17) is 9.47 Å². The number of aryl methyl sites for hydroxylation is 1. The van der Waals surface area contributed by atoms with Crippen molar-refractivity contribution in [2.75, 3.05) is 6.61 Å². The highest BCUT2D eigenvalue weighted by molar-refractivity contribution is 5.78. The summed E-state index contributed by atoms with van der Waals surface area (Å²) in [5, 5.41) is 7.80. The van der Waals surface area contributed by atoms with E-state index in [-0.39, 0.29) is 19.0 Å². The SMILES string of the molecule is CC(=O)CCc1ccc(OCC(=O)OCc2ccc3[nH]ncc3c2)cc1. The number of aromatic nitrogens is 2. The van der Waals surface area contributed by atoms with Crippen LogP contribution in [0.2, 0.25) is 0 Å². The fourth-order valence-corrected chi connectivity index (χ4v) is 2.50. The fraction of sp³-hybridized carbons (Fsp3) is 0.250. The number of nitrogens with one attached hydrogen (secondary N) is 1. The van der Waals surface area contributed by atoms with Gasteiger partial charge in [0.05, 0.1) is 11.7 Å². The number of hydrogen-bond donors (Lipinski definition) is 1. The Labute approximate surface area is 151 Å². The van der Waals surface area contributed by atoms with Gasteiger partial charge in [0.25, 0.3) is 0 Å². The average molecular weight is 352 g/mol. The molecular weight excluding hydrogens is 332 g/mol. The molecule has 0 aliphatic heterocycles. The molecule has 0 saturated heterocycles. The maximum absolute atomic E-state index is 11.8. The molecule has 3 rings (SSSR count). The van der Waals surface area contributed by atoms with Crippen LogP contribution in [-0.2, 0) is 27.4 Å². The van der Waals surface area contributed by atoms with E-state index in [1.165, 1.54) is 0 Å². The third-order valence-corrected chi connectivity index (χ3v) is 3.95. The Morgan fingerprint density at radius 3 is 2.62 bits per heavy atom. The number of esters is 1. The monoisotopic (exact) mass is 352 g/mol. The van der Waals surface area contributed by atoms with Crippen LogP contribution in [0.4, 0.5) is 0 Å². The number of rotatable bonds is 8. The molecule has 0 atom stereocenters. The molecule has 0 fully saturated rings. The second-order valence-corrected chi connectivity index (χ2v) is 6.09. The number of Topliss-reactive ketones (excluding diaryl/α,β-unsaturated/α-hetero) is 1. The zero-order valence-electron chi connectivity index (χ0n) is 14.5. The summed E-state index contributed by atoms with van der Waals surface area (Å²) in [5.41, 5.74) is 2.89. The van der Waals surface area contributed by atoms with Crippen molar-refractivity contribution in [3.63, 3.8) is 0 Å². The van der Waals surface area contributed by atoms with E-state index >= 15 is 0 Å². The molecule has 134 valence electrons. The molecule has 0 radical (unpaired) electrons. The van der Waals surface area contributed by atoms with Crippen LogP contribution in [-0.4, -0.2) is 28.6 Å². The number of fused-ring (bicyclic) bond motifs is 1. The minimum Gasteiger partial charge on any atom is -0.482 e. The van der Waals surface area contributed by atoms with Crippen LogP contribution in [0.25, 0.3) is 10.9 Å². The molecule has 0 aliphatic rings. The Balaban J connectivity index is 1.44. The average Bonchev–Trinajstić information content (AvgIpc) is 3.11. The van der Waals surface area contributed by atoms with Gasteiger partial charge in [0, 0.05) is 11.8 Å². The lowest BCUT2D eigenvalue weighted by atomic mass is 10.1. The third-order valence-electron chi connectivity index (χ3n) is 3.95. The van der Waals surface area contributed by atoms with Crippen molar-refractivity contribution in [3.05, 3.63) is 59.8 Å². The zero-order chi connectivity index (χ0) is 18.4. The molecule has 1 aromatic heterocycles. The number of nitrogens with zero attached hydrogens (tertiary/aromatic N) is 1. The lowest BCUT2D eigenvalue weighted by Gasteiger charge is -2.08. The second kappa shape index (κ2) is 8.29. The Bertz CT molecular complexity index is 900. The Hall–Kier alpha value is -3.15. The first-order valence-corrected chi connectivity index (χ1v) is 8.39. The van der Waals surface area contributed by atoms with Crippen molar-refractivity contribution in [3.8, 4) is 5.75 Å². The van der Waals surface area contributed by atoms with Crippen LogP contribution in [0.15, 0.2) is 48.7 Å². The highest BCUT2D eigenvalue weighted by Gasteiger charge is 2.06. The summed E-state index contributed by atoms with van der Waals surface area (Å²) in [5.74, 6) is 0.325. The normalized spacial score (nSPS) is 10.7. The first-order chi connectivity index (χ1) is 12.6. The summed E-state index contributed by atoms with van der Waals surface area (Å²) in [7, 11) is 0. The van der Waals surface area contributed by atoms with Crippen molar-refractivity contribution in [1.82, 2.24) is 10.2 Å². The predicted octanol–water partition coefficient (Wildman–Crippen LogP) is 3.21. The molecule has 0 bridgehead atoms. The topological polar surface area (TPSA) is 81.3 Å². The minimum absolute atomic E-state index is 0.152. The van der Waals surface area contributed by atoms with Crippen molar-refractivity contribution in [2.45, 2.75) is 26.4 Å². The number of hydrogen-bond acceptors (Lipinski definition) is 5. The van der Waals surface area contributed by atoms with E-state index in [0.717, 1.165) is 22.0 Å². The van der Waals surface area contributed by atoms with Crippen LogP contribution in [0.3, 0.4) is 0 Å². The number of carbonyl (C=O) groups is 2. The molecule has 0 spiro atoms. The van der Waals surface area contributed by atoms with Gasteiger partial charge in [0.15, 0.2) is 6.61 Å². The van der Waals surface area contributed by atoms with Gasteiger partial charge < -0.3 is 14.3 Å². The van der Waals surface area contributed by atoms with Crippen molar-refractivity contribution in [2.24, 2.45) is 0 Å². The fourth-order valence-electron chi connectivity index (χ4n) is 2.50. The standard InChI is InChI=1S/C20H20N2O4/c1-14(23)2-3-15-4-7-18(8-5-15)25-13-20(24)26-12-16-6-9-19-17(10-16)11-21-22-19/h4-11H,2-3,12-13H2,1H3,(H,21,22). The lowest BCUT2D eigenvalue weighted by Crippen LogP contribution is -2.14. The quantitative estimate of drug-likeness (QED) is 0.630. The molecule has 0 saturated carbocycles. The van der Waals surface area contributed by atoms with Crippen LogP contribution in [0, 0.1) is 0 Å². The molecule has 0 amide bonds. The maximum atomic E-state index is 11.8. The Morgan fingerprint density at radius 2 is 1.85 bits per heavy atom. The van der Waals surface area contributed by atoms with Gasteiger partial charge in [-0.15, -0.1) is 0 Å². The molecular formula is C20H20N2O4. The van der Waals surface area contributed by atoms with Crippen molar-refractivity contribution in [1.29, 1.82) is 0 Å². The Morgan fingerprint density at radius 1 is 1.08 bits per heavy atom. The van der Waals surface area contributed by atoms with Gasteiger partial charge in [-0.05, 0) is 48.7 Å². The number of ketones is 1. The van der Waals surface area contributed by atoms with Crippen LogP contribution in [0.1, 0.15) is 24.5 Å². The van der Waals surface area contributed by atoms with Crippen LogP contribution in [0.5, 0.6) is 5.75 Å². The van der Waals surface area contributed by atoms with Crippen molar-refractivity contribution >= 4 is 22.7 Å². The van der Waals surface area contributed by atoms with Gasteiger partial charge in [-0.2, -0.15) is 5.10 Å². The van der Waals surface area contributed by atoms with Gasteiger partial charge in [-0.25, -0.2) is 4.79 Å². The maximum Gasteiger partial charge on any atom is 0.344 e. The summed E-state index contributed by atoms with van der Waals surface area (Å²) in [4.78, 5) is 22.8. The van der Waals surface area contributed by atoms with E-state index < -0.39 is 5.97 Å². The number of ether oxygens (including phenoxy) is 2. The molecule has 0 unspecified atom stereocenters. The van der Waals surface area contributed by atoms with Crippen LogP contribution < -0.4 is 4.74 Å². The number of H-pyrrole nitrogens is 1. The van der Waals surface area contributed by atoms with Gasteiger partial charge in [0.1, 0.15) is 18.1 Å². The van der Waals surface area contributed by atoms with Crippen LogP contribution >= 0.6 is 0 Å². The summed E-state index contributed by atoms with van der Waals surface area (Å²) in [6, 6.07) is 13.1. The van der Waals surface area contributed by atoms with Crippen molar-refractivity contribution < 1.29 is 19.1 Å². The summed E-state index contributed by atoms with van der Waals surface area (Å²) >= 11 is 0. The van der Waals surface area contributed by atoms with Gasteiger partial charge >= 0.3 is 5.97 Å². The first kappa shape index (κ1) is 17.7. The number of aromatic amines is 1. The first-order valence-electron chi connectivity index (χ1n) is 8.39. The molecule has 0 aliphatic carbocycles. The van der Waals surface area contributed by atoms with E-state index in [2.05, 4.69) is 10.2 Å². The van der Waals surface area contributed by atoms with E-state index in [1.807, 2.05) is 30.3 Å². The Kier molecular flexibility index (Phi) is 5.63.